The molecular weight excluding hydrogens is 454 g/mol. The molecule has 3 rings (SSSR count). The van der Waals surface area contributed by atoms with Crippen molar-refractivity contribution < 1.29 is 13.2 Å². The summed E-state index contributed by atoms with van der Waals surface area (Å²) in [6.45, 7) is 0. The van der Waals surface area contributed by atoms with Crippen molar-refractivity contribution in [2.24, 2.45) is 10.7 Å². The van der Waals surface area contributed by atoms with Gasteiger partial charge in [0, 0.05) is 18.6 Å². The molecule has 2 heterocycles. The number of nitrogens with zero attached hydrogens (tertiary/aromatic N) is 6. The van der Waals surface area contributed by atoms with Gasteiger partial charge in [-0.05, 0) is 24.3 Å². The number of aromatic nitrogens is 3. The van der Waals surface area contributed by atoms with Crippen LogP contribution < -0.4 is 5.73 Å². The number of nitrogens with two attached hydrogens (primary N) is 1. The van der Waals surface area contributed by atoms with Gasteiger partial charge in [0.05, 0.1) is 27.4 Å². The van der Waals surface area contributed by atoms with E-state index in [-0.39, 0.29) is 27.1 Å². The molecule has 1 aromatic carbocycles. The Bertz CT molecular complexity index is 1250. The Hall–Kier alpha value is -3.73. The highest BCUT2D eigenvalue weighted by atomic mass is 35.5. The van der Waals surface area contributed by atoms with Crippen molar-refractivity contribution in [3.8, 4) is 23.6 Å². The SMILES string of the molecule is N#C/C(N)=C(\C#N)N=Cc1cnn(-c2c(Cl)cc(C(F)(F)F)cc2Cl)c1-n1cccc1. The molecule has 0 amide bonds. The number of hydrogen-bond acceptors (Lipinski definition) is 5. The third kappa shape index (κ3) is 4.40. The molecule has 2 N–H and O–H groups in total. The van der Waals surface area contributed by atoms with Crippen LogP contribution in [0.3, 0.4) is 0 Å². The van der Waals surface area contributed by atoms with E-state index in [1.54, 1.807) is 41.2 Å². The van der Waals surface area contributed by atoms with E-state index in [0.29, 0.717) is 11.4 Å². The van der Waals surface area contributed by atoms with Gasteiger partial charge in [0.2, 0.25) is 0 Å². The summed E-state index contributed by atoms with van der Waals surface area (Å²) < 4.78 is 42.0. The van der Waals surface area contributed by atoms with Crippen molar-refractivity contribution in [3.05, 3.63) is 75.4 Å². The van der Waals surface area contributed by atoms with Crippen molar-refractivity contribution in [3.63, 3.8) is 0 Å². The lowest BCUT2D eigenvalue weighted by atomic mass is 10.2. The summed E-state index contributed by atoms with van der Waals surface area (Å²) in [6.07, 6.45) is 1.27. The van der Waals surface area contributed by atoms with Gasteiger partial charge in [-0.1, -0.05) is 23.2 Å². The van der Waals surface area contributed by atoms with Crippen molar-refractivity contribution in [1.29, 1.82) is 10.5 Å². The minimum absolute atomic E-state index is 0.0206. The smallest absolute Gasteiger partial charge is 0.388 e. The Kier molecular flexibility index (Phi) is 6.07. The molecule has 0 atom stereocenters. The van der Waals surface area contributed by atoms with Crippen LogP contribution in [0.4, 0.5) is 13.2 Å². The average Bonchev–Trinajstić information content (AvgIpc) is 3.36. The summed E-state index contributed by atoms with van der Waals surface area (Å²) >= 11 is 12.3. The van der Waals surface area contributed by atoms with Crippen molar-refractivity contribution >= 4 is 29.4 Å². The Morgan fingerprint density at radius 1 is 1.13 bits per heavy atom. The number of aliphatic imine (C=N–C) groups is 1. The number of allylic oxidation sites excluding steroid dienone is 2. The molecule has 12 heteroatoms. The van der Waals surface area contributed by atoms with Crippen LogP contribution in [0.5, 0.6) is 0 Å². The summed E-state index contributed by atoms with van der Waals surface area (Å²) in [6, 6.07) is 8.26. The lowest BCUT2D eigenvalue weighted by Gasteiger charge is -2.15. The fourth-order valence-corrected chi connectivity index (χ4v) is 3.27. The molecule has 156 valence electrons. The summed E-state index contributed by atoms with van der Waals surface area (Å²) in [4.78, 5) is 3.92. The zero-order chi connectivity index (χ0) is 22.8. The van der Waals surface area contributed by atoms with Crippen LogP contribution in [-0.4, -0.2) is 20.6 Å². The Morgan fingerprint density at radius 2 is 1.74 bits per heavy atom. The van der Waals surface area contributed by atoms with E-state index in [2.05, 4.69) is 10.1 Å². The van der Waals surface area contributed by atoms with E-state index >= 15 is 0 Å². The van der Waals surface area contributed by atoms with Gasteiger partial charge in [-0.15, -0.1) is 0 Å². The van der Waals surface area contributed by atoms with Gasteiger partial charge in [0.15, 0.2) is 5.70 Å². The molecule has 0 aliphatic heterocycles. The predicted molar refractivity (Wildman–Crippen MR) is 108 cm³/mol. The Morgan fingerprint density at radius 3 is 2.26 bits per heavy atom. The molecule has 0 saturated heterocycles. The summed E-state index contributed by atoms with van der Waals surface area (Å²) in [5.74, 6) is 0.324. The molecule has 31 heavy (non-hydrogen) atoms. The average molecular weight is 464 g/mol. The molecular formula is C19H10Cl2F3N7. The maximum Gasteiger partial charge on any atom is 0.416 e. The molecule has 0 saturated carbocycles. The largest absolute Gasteiger partial charge is 0.416 e. The topological polar surface area (TPSA) is 109 Å². The van der Waals surface area contributed by atoms with E-state index in [4.69, 9.17) is 39.5 Å². The van der Waals surface area contributed by atoms with Crippen molar-refractivity contribution in [2.75, 3.05) is 0 Å². The molecule has 3 aromatic rings. The van der Waals surface area contributed by atoms with Gasteiger partial charge in [-0.25, -0.2) is 9.67 Å². The van der Waals surface area contributed by atoms with E-state index in [9.17, 15) is 13.2 Å². The Balaban J connectivity index is 2.21. The lowest BCUT2D eigenvalue weighted by Crippen LogP contribution is -2.10. The van der Waals surface area contributed by atoms with Gasteiger partial charge < -0.3 is 10.3 Å². The fourth-order valence-electron chi connectivity index (χ4n) is 2.62. The van der Waals surface area contributed by atoms with Crippen LogP contribution in [0.15, 0.2) is 59.2 Å². The minimum Gasteiger partial charge on any atom is -0.388 e. The summed E-state index contributed by atoms with van der Waals surface area (Å²) in [5.41, 5.74) is 4.13. The van der Waals surface area contributed by atoms with Gasteiger partial charge in [-0.3, -0.25) is 0 Å². The first-order valence-electron chi connectivity index (χ1n) is 8.29. The van der Waals surface area contributed by atoms with E-state index < -0.39 is 11.7 Å². The molecule has 2 aromatic heterocycles. The molecule has 0 aliphatic rings. The van der Waals surface area contributed by atoms with Crippen LogP contribution in [-0.2, 0) is 6.18 Å². The zero-order valence-electron chi connectivity index (χ0n) is 15.3. The van der Waals surface area contributed by atoms with E-state index in [1.165, 1.54) is 17.1 Å². The van der Waals surface area contributed by atoms with Gasteiger partial charge >= 0.3 is 6.18 Å². The van der Waals surface area contributed by atoms with Crippen molar-refractivity contribution in [2.45, 2.75) is 6.18 Å². The fraction of sp³-hybridized carbons (Fsp3) is 0.0526. The molecule has 0 unspecified atom stereocenters. The molecule has 0 bridgehead atoms. The van der Waals surface area contributed by atoms with Crippen LogP contribution in [0.1, 0.15) is 11.1 Å². The first-order valence-corrected chi connectivity index (χ1v) is 9.05. The third-order valence-corrected chi connectivity index (χ3v) is 4.57. The number of alkyl halides is 3. The first-order chi connectivity index (χ1) is 14.7. The van der Waals surface area contributed by atoms with E-state index in [1.807, 2.05) is 0 Å². The second-order valence-electron chi connectivity index (χ2n) is 5.96. The summed E-state index contributed by atoms with van der Waals surface area (Å²) in [7, 11) is 0. The molecule has 0 spiro atoms. The maximum atomic E-state index is 13.1. The maximum absolute atomic E-state index is 13.1. The Labute approximate surface area is 183 Å². The monoisotopic (exact) mass is 463 g/mol. The molecule has 7 nitrogen and oxygen atoms in total. The lowest BCUT2D eigenvalue weighted by molar-refractivity contribution is -0.137. The molecule has 0 aliphatic carbocycles. The van der Waals surface area contributed by atoms with Crippen LogP contribution in [0, 0.1) is 22.7 Å². The number of rotatable bonds is 4. The quantitative estimate of drug-likeness (QED) is 0.449. The second kappa shape index (κ2) is 8.56. The highest BCUT2D eigenvalue weighted by molar-refractivity contribution is 6.38. The second-order valence-corrected chi connectivity index (χ2v) is 6.77. The first kappa shape index (κ1) is 22.0. The molecule has 0 radical (unpaired) electrons. The van der Waals surface area contributed by atoms with Crippen LogP contribution in [0.25, 0.3) is 11.5 Å². The number of hydrogen-bond donors (Lipinski definition) is 1. The number of nitriles is 2. The van der Waals surface area contributed by atoms with Gasteiger partial charge in [0.1, 0.15) is 29.3 Å². The van der Waals surface area contributed by atoms with Gasteiger partial charge in [-0.2, -0.15) is 28.8 Å². The normalized spacial score (nSPS) is 12.5. The standard InChI is InChI=1S/C19H10Cl2F3N7/c20-13-5-12(19(22,23)24)6-14(21)17(13)31-18(30-3-1-2-4-30)11(10-29-31)9-28-16(8-26)15(27)7-25/h1-6,9-10H,27H2/b16-15-,28-9?. The zero-order valence-corrected chi connectivity index (χ0v) is 16.8. The van der Waals surface area contributed by atoms with Crippen molar-refractivity contribution in [1.82, 2.24) is 14.3 Å². The highest BCUT2D eigenvalue weighted by Crippen LogP contribution is 2.38. The predicted octanol–water partition coefficient (Wildman–Crippen LogP) is 4.62. The van der Waals surface area contributed by atoms with Gasteiger partial charge in [0.25, 0.3) is 0 Å². The number of halogens is 5. The molecule has 0 fully saturated rings. The highest BCUT2D eigenvalue weighted by Gasteiger charge is 2.32. The summed E-state index contributed by atoms with van der Waals surface area (Å²) in [5, 5.41) is 21.6. The minimum atomic E-state index is -4.63. The third-order valence-electron chi connectivity index (χ3n) is 3.99. The van der Waals surface area contributed by atoms with E-state index in [0.717, 1.165) is 12.1 Å². The van der Waals surface area contributed by atoms with Crippen LogP contribution in [0.2, 0.25) is 10.0 Å². The van der Waals surface area contributed by atoms with Crippen LogP contribution >= 0.6 is 23.2 Å². The number of benzene rings is 1.